The molecule has 1 aliphatic rings. The van der Waals surface area contributed by atoms with Gasteiger partial charge in [-0.25, -0.2) is 9.18 Å². The molecule has 0 saturated heterocycles. The summed E-state index contributed by atoms with van der Waals surface area (Å²) in [5.41, 5.74) is -12.2. The summed E-state index contributed by atoms with van der Waals surface area (Å²) < 4.78 is 203. The Morgan fingerprint density at radius 3 is 1.21 bits per heavy atom. The van der Waals surface area contributed by atoms with Gasteiger partial charge in [-0.1, -0.05) is 0 Å². The summed E-state index contributed by atoms with van der Waals surface area (Å²) in [5, 5.41) is 0. The third-order valence-electron chi connectivity index (χ3n) is 3.77. The Bertz CT molecular complexity index is 673. The molecule has 17 heteroatoms. The van der Waals surface area contributed by atoms with E-state index in [0.29, 0.717) is 0 Å². The number of carbonyl (C=O) groups excluding carboxylic acids is 1. The zero-order chi connectivity index (χ0) is 22.9. The van der Waals surface area contributed by atoms with Crippen LogP contribution in [0.4, 0.5) is 65.9 Å². The van der Waals surface area contributed by atoms with Crippen molar-refractivity contribution in [2.45, 2.75) is 41.2 Å². The van der Waals surface area contributed by atoms with Crippen LogP contribution in [0, 0.1) is 0 Å². The van der Waals surface area contributed by atoms with E-state index in [2.05, 4.69) is 4.74 Å². The average Bonchev–Trinajstić information content (AvgIpc) is 2.50. The van der Waals surface area contributed by atoms with E-state index >= 15 is 0 Å². The Labute approximate surface area is 142 Å². The summed E-state index contributed by atoms with van der Waals surface area (Å²) in [5.74, 6) is -50.9. The summed E-state index contributed by atoms with van der Waals surface area (Å²) in [4.78, 5) is 10.8. The lowest BCUT2D eigenvalue weighted by Gasteiger charge is -2.54. The van der Waals surface area contributed by atoms with Crippen molar-refractivity contribution in [2.75, 3.05) is 7.11 Å². The normalized spacial score (nSPS) is 26.3. The Kier molecular flexibility index (Phi) is 5.04. The lowest BCUT2D eigenvalue weighted by Crippen LogP contribution is -2.87. The summed E-state index contributed by atoms with van der Waals surface area (Å²) in [6.45, 7) is 0. The molecule has 1 rings (SSSR count). The van der Waals surface area contributed by atoms with Crippen LogP contribution in [0.25, 0.3) is 0 Å². The lowest BCUT2D eigenvalue weighted by atomic mass is 9.67. The summed E-state index contributed by atoms with van der Waals surface area (Å²) >= 11 is 0. The molecule has 0 aromatic carbocycles. The molecule has 0 radical (unpaired) electrons. The molecule has 1 saturated carbocycles. The van der Waals surface area contributed by atoms with Gasteiger partial charge in [-0.05, 0) is 0 Å². The van der Waals surface area contributed by atoms with Crippen LogP contribution in [0.2, 0.25) is 0 Å². The molecule has 0 heterocycles. The van der Waals surface area contributed by atoms with Crippen LogP contribution in [-0.4, -0.2) is 54.3 Å². The molecule has 0 N–H and O–H groups in total. The minimum Gasteiger partial charge on any atom is -0.465 e. The largest absolute Gasteiger partial charge is 0.465 e. The molecule has 0 atom stereocenters. The fraction of sp³-hybridized carbons (Fsp3) is 0.727. The van der Waals surface area contributed by atoms with Crippen LogP contribution in [0.1, 0.15) is 0 Å². The smallest absolute Gasteiger partial charge is 0.384 e. The third-order valence-corrected chi connectivity index (χ3v) is 3.77. The maximum absolute atomic E-state index is 14.2. The second-order valence-corrected chi connectivity index (χ2v) is 5.23. The zero-order valence-corrected chi connectivity index (χ0v) is 12.5. The van der Waals surface area contributed by atoms with Crippen molar-refractivity contribution in [1.82, 2.24) is 0 Å². The highest BCUT2D eigenvalue weighted by atomic mass is 19.4. The molecule has 2 nitrogen and oxygen atoms in total. The number of rotatable bonds is 3. The minimum absolute atomic E-state index is 0.0826. The number of hydrogen-bond acceptors (Lipinski definition) is 2. The summed E-state index contributed by atoms with van der Waals surface area (Å²) in [6.07, 6.45) is -4.29. The van der Waals surface area contributed by atoms with Gasteiger partial charge < -0.3 is 4.74 Å². The molecular formula is C11H3F15O2. The molecule has 0 bridgehead atoms. The molecule has 0 aromatic heterocycles. The number of halogens is 15. The Hall–Kier alpha value is -1.84. The summed E-state index contributed by atoms with van der Waals surface area (Å²) in [7, 11) is -0.0826. The van der Waals surface area contributed by atoms with Crippen molar-refractivity contribution in [2.24, 2.45) is 0 Å². The molecule has 1 aliphatic carbocycles. The average molecular weight is 452 g/mol. The molecule has 0 amide bonds. The number of ether oxygens (including phenoxy) is 1. The molecule has 0 unspecified atom stereocenters. The van der Waals surface area contributed by atoms with Crippen LogP contribution in [-0.2, 0) is 9.53 Å². The highest BCUT2D eigenvalue weighted by Crippen LogP contribution is 2.73. The van der Waals surface area contributed by atoms with Crippen molar-refractivity contribution >= 4 is 5.97 Å². The highest BCUT2D eigenvalue weighted by molar-refractivity contribution is 5.91. The first kappa shape index (κ1) is 24.2. The van der Waals surface area contributed by atoms with Crippen molar-refractivity contribution in [3.63, 3.8) is 0 Å². The number of alkyl halides is 13. The predicted octanol–water partition coefficient (Wildman–Crippen LogP) is 4.84. The molecule has 0 spiro atoms. The highest BCUT2D eigenvalue weighted by Gasteiger charge is 3.05. The fourth-order valence-electron chi connectivity index (χ4n) is 2.21. The van der Waals surface area contributed by atoms with E-state index in [9.17, 15) is 70.7 Å². The first-order valence-electron chi connectivity index (χ1n) is 6.15. The third kappa shape index (κ3) is 2.18. The molecule has 0 aromatic rings. The Morgan fingerprint density at radius 1 is 0.679 bits per heavy atom. The lowest BCUT2D eigenvalue weighted by molar-refractivity contribution is -0.502. The van der Waals surface area contributed by atoms with Gasteiger partial charge in [-0.15, -0.1) is 0 Å². The number of methoxy groups -OCH3 is 1. The second kappa shape index (κ2) is 5.84. The molecule has 0 aliphatic heterocycles. The number of hydrogen-bond donors (Lipinski definition) is 0. The van der Waals surface area contributed by atoms with Gasteiger partial charge in [0, 0.05) is 0 Å². The molecular weight excluding hydrogens is 449 g/mol. The van der Waals surface area contributed by atoms with Gasteiger partial charge in [0.05, 0.1) is 7.11 Å². The van der Waals surface area contributed by atoms with E-state index in [1.807, 2.05) is 0 Å². The van der Waals surface area contributed by atoms with Crippen molar-refractivity contribution < 1.29 is 75.4 Å². The van der Waals surface area contributed by atoms with Crippen LogP contribution in [0.15, 0.2) is 11.7 Å². The van der Waals surface area contributed by atoms with Crippen molar-refractivity contribution in [3.8, 4) is 0 Å². The number of esters is 1. The Balaban J connectivity index is 4.14. The van der Waals surface area contributed by atoms with E-state index in [-0.39, 0.29) is 7.11 Å². The van der Waals surface area contributed by atoms with Crippen molar-refractivity contribution in [1.29, 1.82) is 0 Å². The minimum atomic E-state index is -8.14. The maximum Gasteiger partial charge on any atom is 0.384 e. The zero-order valence-electron chi connectivity index (χ0n) is 12.5. The van der Waals surface area contributed by atoms with Gasteiger partial charge in [0.1, 0.15) is 0 Å². The quantitative estimate of drug-likeness (QED) is 0.348. The van der Waals surface area contributed by atoms with E-state index in [0.717, 1.165) is 0 Å². The summed E-state index contributed by atoms with van der Waals surface area (Å²) in [6, 6.07) is 0. The molecule has 1 fully saturated rings. The monoisotopic (exact) mass is 452 g/mol. The standard InChI is InChI=1S/C11H3F15O2/c1-28-4(27)2(3(12)13)5(14,15)6(16)7(17,18)9(21,22)11(25,26)10(23,24)8(6,19)20/h1H3. The molecule has 28 heavy (non-hydrogen) atoms. The van der Waals surface area contributed by atoms with Gasteiger partial charge >= 0.3 is 47.2 Å². The first-order valence-corrected chi connectivity index (χ1v) is 6.15. The molecule has 164 valence electrons. The van der Waals surface area contributed by atoms with Crippen LogP contribution in [0.5, 0.6) is 0 Å². The number of carbonyl (C=O) groups is 1. The van der Waals surface area contributed by atoms with Crippen molar-refractivity contribution in [3.05, 3.63) is 11.7 Å². The topological polar surface area (TPSA) is 26.3 Å². The first-order chi connectivity index (χ1) is 12.1. The van der Waals surface area contributed by atoms with Gasteiger partial charge in [-0.3, -0.25) is 0 Å². The van der Waals surface area contributed by atoms with Gasteiger partial charge in [-0.2, -0.15) is 61.5 Å². The van der Waals surface area contributed by atoms with Crippen LogP contribution < -0.4 is 0 Å². The van der Waals surface area contributed by atoms with Gasteiger partial charge in [0.2, 0.25) is 0 Å². The van der Waals surface area contributed by atoms with Gasteiger partial charge in [0.15, 0.2) is 5.57 Å². The Morgan fingerprint density at radius 2 is 0.964 bits per heavy atom. The van der Waals surface area contributed by atoms with E-state index in [1.54, 1.807) is 0 Å². The maximum atomic E-state index is 14.2. The second-order valence-electron chi connectivity index (χ2n) is 5.23. The van der Waals surface area contributed by atoms with Crippen LogP contribution in [0.3, 0.4) is 0 Å². The van der Waals surface area contributed by atoms with E-state index < -0.39 is 58.8 Å². The van der Waals surface area contributed by atoms with E-state index in [1.165, 1.54) is 0 Å². The van der Waals surface area contributed by atoms with Gasteiger partial charge in [0.25, 0.3) is 6.08 Å². The fourth-order valence-corrected chi connectivity index (χ4v) is 2.21. The predicted molar refractivity (Wildman–Crippen MR) is 54.8 cm³/mol. The SMILES string of the molecule is COC(=O)C(=C(F)F)C(F)(F)C1(F)C(F)(F)C(F)(F)C(F)(F)C(F)(F)C1(F)F. The van der Waals surface area contributed by atoms with E-state index in [4.69, 9.17) is 0 Å². The van der Waals surface area contributed by atoms with Crippen LogP contribution >= 0.6 is 0 Å².